The number of ether oxygens (including phenoxy) is 2. The van der Waals surface area contributed by atoms with Gasteiger partial charge in [-0.15, -0.1) is 0 Å². The summed E-state index contributed by atoms with van der Waals surface area (Å²) in [4.78, 5) is 24.2. The van der Waals surface area contributed by atoms with Crippen LogP contribution in [0.1, 0.15) is 54.1 Å². The van der Waals surface area contributed by atoms with E-state index in [0.29, 0.717) is 28.4 Å². The minimum atomic E-state index is -0.485. The molecule has 0 aromatic heterocycles. The molecule has 0 heterocycles. The lowest BCUT2D eigenvalue weighted by Crippen LogP contribution is -2.23. The number of anilines is 2. The Morgan fingerprint density at radius 3 is 2.40 bits per heavy atom. The molecule has 3 rings (SSSR count). The quantitative estimate of drug-likeness (QED) is 0.418. The molecule has 0 amide bonds. The minimum Gasteiger partial charge on any atom is -0.459 e. The SMILES string of the molecule is CC1CCC(OC(=O)c2ccc(C=CC(=O)OCc3ccc(N)cc3N)cc2)CC1. The largest absolute Gasteiger partial charge is 0.459 e. The maximum atomic E-state index is 12.3. The molecule has 1 aliphatic rings. The van der Waals surface area contributed by atoms with E-state index in [0.717, 1.165) is 31.2 Å². The molecular weight excluding hydrogens is 380 g/mol. The highest BCUT2D eigenvalue weighted by atomic mass is 16.5. The number of esters is 2. The molecule has 1 fully saturated rings. The van der Waals surface area contributed by atoms with Gasteiger partial charge in [-0.2, -0.15) is 0 Å². The average molecular weight is 408 g/mol. The number of benzene rings is 2. The van der Waals surface area contributed by atoms with E-state index in [4.69, 9.17) is 20.9 Å². The fraction of sp³-hybridized carbons (Fsp3) is 0.333. The van der Waals surface area contributed by atoms with Crippen molar-refractivity contribution in [2.24, 2.45) is 5.92 Å². The Bertz CT molecular complexity index is 913. The zero-order valence-corrected chi connectivity index (χ0v) is 17.2. The second kappa shape index (κ2) is 9.96. The highest BCUT2D eigenvalue weighted by Gasteiger charge is 2.22. The number of carbonyl (C=O) groups excluding carboxylic acids is 2. The second-order valence-corrected chi connectivity index (χ2v) is 7.81. The summed E-state index contributed by atoms with van der Waals surface area (Å²) in [5.41, 5.74) is 14.5. The highest BCUT2D eigenvalue weighted by molar-refractivity contribution is 5.90. The van der Waals surface area contributed by atoms with Crippen LogP contribution in [-0.4, -0.2) is 18.0 Å². The summed E-state index contributed by atoms with van der Waals surface area (Å²) in [7, 11) is 0. The van der Waals surface area contributed by atoms with E-state index < -0.39 is 5.97 Å². The Morgan fingerprint density at radius 1 is 1.03 bits per heavy atom. The van der Waals surface area contributed by atoms with Crippen molar-refractivity contribution >= 4 is 29.4 Å². The molecule has 30 heavy (non-hydrogen) atoms. The fourth-order valence-corrected chi connectivity index (χ4v) is 3.40. The average Bonchev–Trinajstić information content (AvgIpc) is 2.73. The monoisotopic (exact) mass is 408 g/mol. The van der Waals surface area contributed by atoms with Gasteiger partial charge in [0.2, 0.25) is 0 Å². The second-order valence-electron chi connectivity index (χ2n) is 7.81. The highest BCUT2D eigenvalue weighted by Crippen LogP contribution is 2.26. The Balaban J connectivity index is 1.48. The van der Waals surface area contributed by atoms with Crippen molar-refractivity contribution in [2.75, 3.05) is 11.5 Å². The van der Waals surface area contributed by atoms with Crippen molar-refractivity contribution in [3.05, 3.63) is 65.2 Å². The molecule has 158 valence electrons. The van der Waals surface area contributed by atoms with Gasteiger partial charge in [0.25, 0.3) is 0 Å². The third-order valence-electron chi connectivity index (χ3n) is 5.33. The van der Waals surface area contributed by atoms with Crippen LogP contribution in [0.5, 0.6) is 0 Å². The van der Waals surface area contributed by atoms with Crippen LogP contribution in [-0.2, 0) is 20.9 Å². The van der Waals surface area contributed by atoms with E-state index in [1.54, 1.807) is 48.5 Å². The molecular formula is C24H28N2O4. The number of nitrogens with two attached hydrogens (primary N) is 2. The van der Waals surface area contributed by atoms with Crippen LogP contribution in [0.2, 0.25) is 0 Å². The first kappa shape index (κ1) is 21.4. The third-order valence-corrected chi connectivity index (χ3v) is 5.33. The number of carbonyl (C=O) groups is 2. The molecule has 6 heteroatoms. The zero-order valence-electron chi connectivity index (χ0n) is 17.2. The third kappa shape index (κ3) is 6.11. The van der Waals surface area contributed by atoms with Crippen LogP contribution in [0.15, 0.2) is 48.5 Å². The van der Waals surface area contributed by atoms with Gasteiger partial charge in [0.05, 0.1) is 5.56 Å². The maximum Gasteiger partial charge on any atom is 0.338 e. The maximum absolute atomic E-state index is 12.3. The molecule has 0 aliphatic heterocycles. The molecule has 0 radical (unpaired) electrons. The summed E-state index contributed by atoms with van der Waals surface area (Å²) in [5.74, 6) is -0.0756. The Hall–Kier alpha value is -3.28. The van der Waals surface area contributed by atoms with Gasteiger partial charge in [0.15, 0.2) is 0 Å². The van der Waals surface area contributed by atoms with Crippen LogP contribution in [0, 0.1) is 5.92 Å². The first-order chi connectivity index (χ1) is 14.4. The van der Waals surface area contributed by atoms with Gasteiger partial charge in [0.1, 0.15) is 12.7 Å². The van der Waals surface area contributed by atoms with Crippen molar-refractivity contribution in [3.8, 4) is 0 Å². The zero-order chi connectivity index (χ0) is 21.5. The minimum absolute atomic E-state index is 0.0122. The van der Waals surface area contributed by atoms with Crippen LogP contribution in [0.25, 0.3) is 6.08 Å². The molecule has 1 saturated carbocycles. The van der Waals surface area contributed by atoms with Gasteiger partial charge in [0, 0.05) is 23.0 Å². The van der Waals surface area contributed by atoms with Crippen molar-refractivity contribution in [3.63, 3.8) is 0 Å². The smallest absolute Gasteiger partial charge is 0.338 e. The van der Waals surface area contributed by atoms with Gasteiger partial charge < -0.3 is 20.9 Å². The Kier molecular flexibility index (Phi) is 7.12. The van der Waals surface area contributed by atoms with E-state index in [1.807, 2.05) is 0 Å². The number of rotatable bonds is 6. The molecule has 0 spiro atoms. The summed E-state index contributed by atoms with van der Waals surface area (Å²) >= 11 is 0. The van der Waals surface area contributed by atoms with Crippen molar-refractivity contribution in [1.29, 1.82) is 0 Å². The number of hydrogen-bond donors (Lipinski definition) is 2. The predicted octanol–water partition coefficient (Wildman–Crippen LogP) is 4.34. The molecule has 6 nitrogen and oxygen atoms in total. The van der Waals surface area contributed by atoms with E-state index >= 15 is 0 Å². The molecule has 0 bridgehead atoms. The Labute approximate surface area is 176 Å². The van der Waals surface area contributed by atoms with E-state index in [1.165, 1.54) is 6.08 Å². The van der Waals surface area contributed by atoms with E-state index in [9.17, 15) is 9.59 Å². The van der Waals surface area contributed by atoms with Crippen LogP contribution in [0.3, 0.4) is 0 Å². The molecule has 0 saturated heterocycles. The summed E-state index contributed by atoms with van der Waals surface area (Å²) in [6.07, 6.45) is 7.04. The van der Waals surface area contributed by atoms with Gasteiger partial charge >= 0.3 is 11.9 Å². The summed E-state index contributed by atoms with van der Waals surface area (Å²) in [6.45, 7) is 2.30. The summed E-state index contributed by atoms with van der Waals surface area (Å²) in [6, 6.07) is 12.0. The van der Waals surface area contributed by atoms with Crippen LogP contribution < -0.4 is 11.5 Å². The van der Waals surface area contributed by atoms with Gasteiger partial charge in [-0.05, 0) is 67.5 Å². The van der Waals surface area contributed by atoms with Crippen molar-refractivity contribution in [1.82, 2.24) is 0 Å². The standard InChI is InChI=1S/C24H28N2O4/c1-16-2-11-21(12-3-16)30-24(28)18-7-4-17(5-8-18)6-13-23(27)29-15-19-9-10-20(25)14-22(19)26/h4-10,13-14,16,21H,2-3,11-12,15,25-26H2,1H3. The first-order valence-corrected chi connectivity index (χ1v) is 10.2. The lowest BCUT2D eigenvalue weighted by Gasteiger charge is -2.25. The molecule has 2 aromatic rings. The molecule has 0 atom stereocenters. The molecule has 4 N–H and O–H groups in total. The van der Waals surface area contributed by atoms with Gasteiger partial charge in [-0.3, -0.25) is 0 Å². The van der Waals surface area contributed by atoms with E-state index in [2.05, 4.69) is 6.92 Å². The van der Waals surface area contributed by atoms with Gasteiger partial charge in [-0.1, -0.05) is 25.1 Å². The number of hydrogen-bond acceptors (Lipinski definition) is 6. The van der Waals surface area contributed by atoms with Crippen molar-refractivity contribution < 1.29 is 19.1 Å². The molecule has 0 unspecified atom stereocenters. The van der Waals surface area contributed by atoms with Crippen molar-refractivity contribution in [2.45, 2.75) is 45.3 Å². The predicted molar refractivity (Wildman–Crippen MR) is 117 cm³/mol. The van der Waals surface area contributed by atoms with Crippen LogP contribution >= 0.6 is 0 Å². The Morgan fingerprint density at radius 2 is 1.73 bits per heavy atom. The fourth-order valence-electron chi connectivity index (χ4n) is 3.40. The molecule has 1 aliphatic carbocycles. The lowest BCUT2D eigenvalue weighted by molar-refractivity contribution is -0.138. The van der Waals surface area contributed by atoms with E-state index in [-0.39, 0.29) is 18.7 Å². The van der Waals surface area contributed by atoms with Gasteiger partial charge in [-0.25, -0.2) is 9.59 Å². The van der Waals surface area contributed by atoms with Crippen LogP contribution in [0.4, 0.5) is 11.4 Å². The topological polar surface area (TPSA) is 105 Å². The first-order valence-electron chi connectivity index (χ1n) is 10.2. The molecule has 2 aromatic carbocycles. The number of nitrogen functional groups attached to an aromatic ring is 2. The lowest BCUT2D eigenvalue weighted by atomic mass is 9.89. The summed E-state index contributed by atoms with van der Waals surface area (Å²) in [5, 5.41) is 0. The summed E-state index contributed by atoms with van der Waals surface area (Å²) < 4.78 is 10.8. The normalized spacial score (nSPS) is 18.8.